The zero-order valence-corrected chi connectivity index (χ0v) is 12.6. The van der Waals surface area contributed by atoms with Crippen LogP contribution < -0.4 is 0 Å². The van der Waals surface area contributed by atoms with E-state index in [1.165, 1.54) is 24.0 Å². The van der Waals surface area contributed by atoms with Crippen molar-refractivity contribution >= 4 is 0 Å². The maximum atomic E-state index is 3.49. The Hall–Kier alpha value is -0.740. The molecular formula is C17H28. The zero-order valence-electron chi connectivity index (χ0n) is 12.6. The first-order valence-corrected chi connectivity index (χ1v) is 6.93. The number of rotatable bonds is 4. The molecule has 0 heterocycles. The monoisotopic (exact) mass is 232 g/mol. The number of hydrogen-bond donors (Lipinski definition) is 0. The molecule has 2 atom stereocenters. The summed E-state index contributed by atoms with van der Waals surface area (Å²) >= 11 is 0. The third-order valence-corrected chi connectivity index (χ3v) is 3.88. The Kier molecular flexibility index (Phi) is 4.44. The molecule has 1 aliphatic carbocycles. The van der Waals surface area contributed by atoms with Crippen LogP contribution in [0.5, 0.6) is 0 Å². The van der Waals surface area contributed by atoms with Gasteiger partial charge in [-0.05, 0) is 56.6 Å². The second-order valence-corrected chi connectivity index (χ2v) is 6.34. The van der Waals surface area contributed by atoms with Crippen LogP contribution in [-0.2, 0) is 0 Å². The lowest BCUT2D eigenvalue weighted by atomic mass is 9.85. The van der Waals surface area contributed by atoms with E-state index in [0.29, 0.717) is 5.41 Å². The Balaban J connectivity index is 2.88. The van der Waals surface area contributed by atoms with Crippen LogP contribution in [-0.4, -0.2) is 0 Å². The van der Waals surface area contributed by atoms with Crippen LogP contribution in [0.2, 0.25) is 0 Å². The topological polar surface area (TPSA) is 0 Å². The van der Waals surface area contributed by atoms with E-state index in [9.17, 15) is 0 Å². The molecule has 0 aromatic carbocycles. The third kappa shape index (κ3) is 3.61. The highest BCUT2D eigenvalue weighted by Gasteiger charge is 2.42. The maximum absolute atomic E-state index is 3.49. The fraction of sp³-hybridized carbons (Fsp3) is 0.706. The molecule has 0 bridgehead atoms. The zero-order chi connectivity index (χ0) is 13.2. The molecule has 0 amide bonds. The summed E-state index contributed by atoms with van der Waals surface area (Å²) in [4.78, 5) is 0. The van der Waals surface area contributed by atoms with Crippen molar-refractivity contribution in [1.29, 1.82) is 0 Å². The molecule has 96 valence electrons. The molecule has 1 aliphatic rings. The fourth-order valence-corrected chi connectivity index (χ4v) is 2.88. The molecule has 0 N–H and O–H groups in total. The van der Waals surface area contributed by atoms with Crippen molar-refractivity contribution in [2.45, 2.75) is 61.3 Å². The summed E-state index contributed by atoms with van der Waals surface area (Å²) < 4.78 is 0. The molecule has 0 nitrogen and oxygen atoms in total. The Bertz CT molecular complexity index is 371. The largest absolute Gasteiger partial charge is 0.122 e. The SMILES string of the molecule is CCC(C(C)=CC1(C)CC1=C=C(C)C)C(C)C. The lowest BCUT2D eigenvalue weighted by Gasteiger charge is -2.21. The maximum Gasteiger partial charge on any atom is 0.0185 e. The fourth-order valence-electron chi connectivity index (χ4n) is 2.88. The van der Waals surface area contributed by atoms with E-state index in [0.717, 1.165) is 11.8 Å². The van der Waals surface area contributed by atoms with Gasteiger partial charge < -0.3 is 0 Å². The second-order valence-electron chi connectivity index (χ2n) is 6.34. The van der Waals surface area contributed by atoms with Crippen LogP contribution in [0.25, 0.3) is 0 Å². The van der Waals surface area contributed by atoms with E-state index in [4.69, 9.17) is 0 Å². The van der Waals surface area contributed by atoms with Gasteiger partial charge in [-0.2, -0.15) is 0 Å². The standard InChI is InChI=1S/C17H28/c1-8-16(13(4)5)14(6)10-17(7)11-15(17)9-12(2)3/h10,13,16H,8,11H2,1-7H3. The van der Waals surface area contributed by atoms with Crippen LogP contribution in [0.4, 0.5) is 0 Å². The molecule has 2 unspecified atom stereocenters. The minimum atomic E-state index is 0.309. The average Bonchev–Trinajstić information content (AvgIpc) is 2.74. The van der Waals surface area contributed by atoms with Gasteiger partial charge in [0.15, 0.2) is 0 Å². The molecule has 1 fully saturated rings. The predicted molar refractivity (Wildman–Crippen MR) is 77.0 cm³/mol. The molecule has 0 radical (unpaired) electrons. The van der Waals surface area contributed by atoms with E-state index in [2.05, 4.69) is 60.3 Å². The van der Waals surface area contributed by atoms with Crippen molar-refractivity contribution in [3.63, 3.8) is 0 Å². The van der Waals surface area contributed by atoms with Gasteiger partial charge >= 0.3 is 0 Å². The van der Waals surface area contributed by atoms with Crippen molar-refractivity contribution in [3.05, 3.63) is 28.5 Å². The Morgan fingerprint density at radius 3 is 2.35 bits per heavy atom. The van der Waals surface area contributed by atoms with Crippen LogP contribution in [0.3, 0.4) is 0 Å². The lowest BCUT2D eigenvalue weighted by Crippen LogP contribution is -2.10. The summed E-state index contributed by atoms with van der Waals surface area (Å²) in [6.45, 7) is 15.9. The van der Waals surface area contributed by atoms with Gasteiger partial charge in [-0.15, -0.1) is 5.73 Å². The minimum Gasteiger partial charge on any atom is -0.122 e. The first-order valence-electron chi connectivity index (χ1n) is 6.93. The van der Waals surface area contributed by atoms with Gasteiger partial charge in [0, 0.05) is 5.41 Å². The summed E-state index contributed by atoms with van der Waals surface area (Å²) in [5.41, 5.74) is 8.14. The molecule has 0 heteroatoms. The van der Waals surface area contributed by atoms with E-state index in [-0.39, 0.29) is 0 Å². The first-order chi connectivity index (χ1) is 7.80. The van der Waals surface area contributed by atoms with E-state index >= 15 is 0 Å². The predicted octanol–water partition coefficient (Wildman–Crippen LogP) is 5.52. The number of allylic oxidation sites excluding steroid dienone is 3. The summed E-state index contributed by atoms with van der Waals surface area (Å²) in [7, 11) is 0. The lowest BCUT2D eigenvalue weighted by molar-refractivity contribution is 0.427. The van der Waals surface area contributed by atoms with Gasteiger partial charge in [0.2, 0.25) is 0 Å². The molecule has 0 spiro atoms. The quantitative estimate of drug-likeness (QED) is 0.442. The molecule has 0 aromatic rings. The molecule has 1 saturated carbocycles. The van der Waals surface area contributed by atoms with Gasteiger partial charge in [-0.3, -0.25) is 0 Å². The van der Waals surface area contributed by atoms with Crippen LogP contribution in [0.15, 0.2) is 28.5 Å². The molecule has 0 saturated heterocycles. The smallest absolute Gasteiger partial charge is 0.0185 e. The minimum absolute atomic E-state index is 0.309. The second kappa shape index (κ2) is 5.27. The Morgan fingerprint density at radius 2 is 1.94 bits per heavy atom. The van der Waals surface area contributed by atoms with E-state index in [1.54, 1.807) is 5.57 Å². The van der Waals surface area contributed by atoms with E-state index in [1.807, 2.05) is 0 Å². The molecular weight excluding hydrogens is 204 g/mol. The van der Waals surface area contributed by atoms with E-state index < -0.39 is 0 Å². The Morgan fingerprint density at radius 1 is 1.35 bits per heavy atom. The third-order valence-electron chi connectivity index (χ3n) is 3.88. The normalized spacial score (nSPS) is 25.9. The Labute approximate surface area is 108 Å². The van der Waals surface area contributed by atoms with Crippen LogP contribution >= 0.6 is 0 Å². The highest BCUT2D eigenvalue weighted by molar-refractivity contribution is 5.39. The van der Waals surface area contributed by atoms with Gasteiger partial charge in [-0.25, -0.2) is 0 Å². The van der Waals surface area contributed by atoms with Crippen LogP contribution in [0, 0.1) is 17.3 Å². The van der Waals surface area contributed by atoms with Gasteiger partial charge in [0.25, 0.3) is 0 Å². The summed E-state index contributed by atoms with van der Waals surface area (Å²) in [5, 5.41) is 0. The van der Waals surface area contributed by atoms with Gasteiger partial charge in [0.1, 0.15) is 0 Å². The van der Waals surface area contributed by atoms with Crippen molar-refractivity contribution < 1.29 is 0 Å². The highest BCUT2D eigenvalue weighted by Crippen LogP contribution is 2.53. The summed E-state index contributed by atoms with van der Waals surface area (Å²) in [5.74, 6) is 1.48. The summed E-state index contributed by atoms with van der Waals surface area (Å²) in [6.07, 6.45) is 4.94. The van der Waals surface area contributed by atoms with Crippen molar-refractivity contribution in [1.82, 2.24) is 0 Å². The molecule has 0 aliphatic heterocycles. The summed E-state index contributed by atoms with van der Waals surface area (Å²) in [6, 6.07) is 0. The average molecular weight is 232 g/mol. The molecule has 1 rings (SSSR count). The highest BCUT2D eigenvalue weighted by atomic mass is 14.4. The number of hydrogen-bond acceptors (Lipinski definition) is 0. The van der Waals surface area contributed by atoms with Crippen LogP contribution in [0.1, 0.15) is 61.3 Å². The molecule has 17 heavy (non-hydrogen) atoms. The van der Waals surface area contributed by atoms with Gasteiger partial charge in [-0.1, -0.05) is 39.3 Å². The van der Waals surface area contributed by atoms with Crippen molar-refractivity contribution in [2.75, 3.05) is 0 Å². The van der Waals surface area contributed by atoms with Crippen molar-refractivity contribution in [2.24, 2.45) is 17.3 Å². The van der Waals surface area contributed by atoms with Crippen molar-refractivity contribution in [3.8, 4) is 0 Å². The molecule has 0 aromatic heterocycles. The van der Waals surface area contributed by atoms with Gasteiger partial charge in [0.05, 0.1) is 0 Å². The first kappa shape index (κ1) is 14.3.